The van der Waals surface area contributed by atoms with Crippen LogP contribution in [-0.4, -0.2) is 17.2 Å². The van der Waals surface area contributed by atoms with Crippen LogP contribution in [0.5, 0.6) is 0 Å². The Balaban J connectivity index is 1.95. The molecule has 4 nitrogen and oxygen atoms in total. The van der Waals surface area contributed by atoms with E-state index in [1.807, 2.05) is 12.1 Å². The number of nitrogens with one attached hydrogen (secondary N) is 2. The molecule has 2 rings (SSSR count). The molecule has 0 saturated carbocycles. The summed E-state index contributed by atoms with van der Waals surface area (Å²) in [7, 11) is 0. The van der Waals surface area contributed by atoms with Crippen LogP contribution in [-0.2, 0) is 9.59 Å². The summed E-state index contributed by atoms with van der Waals surface area (Å²) in [5.41, 5.74) is 1.19. The summed E-state index contributed by atoms with van der Waals surface area (Å²) in [5, 5.41) is 3.86. The first-order valence-corrected chi connectivity index (χ1v) is 6.46. The minimum Gasteiger partial charge on any atom is -0.324 e. The molecule has 0 aliphatic carbocycles. The number of benzene rings is 2. The molecule has 20 heavy (non-hydrogen) atoms. The molecule has 0 heterocycles. The van der Waals surface area contributed by atoms with Gasteiger partial charge in [0.25, 0.3) is 11.8 Å². The second-order valence-electron chi connectivity index (χ2n) is 4.07. The Kier molecular flexibility index (Phi) is 4.74. The first-order chi connectivity index (χ1) is 9.66. The van der Waals surface area contributed by atoms with Crippen molar-refractivity contribution in [1.82, 2.24) is 0 Å². The highest BCUT2D eigenvalue weighted by Crippen LogP contribution is 2.11. The van der Waals surface area contributed by atoms with E-state index in [1.165, 1.54) is 0 Å². The molecular weight excluding hydrogens is 276 g/mol. The predicted molar refractivity (Wildman–Crippen MR) is 79.8 cm³/mol. The maximum Gasteiger partial charge on any atom is 0.252 e. The van der Waals surface area contributed by atoms with E-state index in [9.17, 15) is 9.59 Å². The lowest BCUT2D eigenvalue weighted by Gasteiger charge is -2.11. The highest BCUT2D eigenvalue weighted by Gasteiger charge is 2.24. The number of para-hydroxylation sites is 2. The average Bonchev–Trinajstić information content (AvgIpc) is 2.48. The van der Waals surface area contributed by atoms with Gasteiger partial charge in [-0.15, -0.1) is 11.6 Å². The quantitative estimate of drug-likeness (QED) is 0.671. The van der Waals surface area contributed by atoms with Gasteiger partial charge in [0.15, 0.2) is 5.38 Å². The van der Waals surface area contributed by atoms with E-state index in [2.05, 4.69) is 10.6 Å². The van der Waals surface area contributed by atoms with E-state index < -0.39 is 17.2 Å². The van der Waals surface area contributed by atoms with Gasteiger partial charge in [-0.3, -0.25) is 9.59 Å². The molecular formula is C15H13ClN2O2. The topological polar surface area (TPSA) is 58.2 Å². The van der Waals surface area contributed by atoms with Crippen LogP contribution in [0.4, 0.5) is 11.4 Å². The largest absolute Gasteiger partial charge is 0.324 e. The Morgan fingerprint density at radius 3 is 1.45 bits per heavy atom. The summed E-state index contributed by atoms with van der Waals surface area (Å²) in [6.45, 7) is 0. The van der Waals surface area contributed by atoms with E-state index >= 15 is 0 Å². The van der Waals surface area contributed by atoms with Crippen molar-refractivity contribution in [3.8, 4) is 0 Å². The van der Waals surface area contributed by atoms with E-state index in [4.69, 9.17) is 11.6 Å². The van der Waals surface area contributed by atoms with Gasteiger partial charge in [0.05, 0.1) is 0 Å². The number of halogens is 1. The molecule has 2 aromatic rings. The number of hydrogen-bond acceptors (Lipinski definition) is 2. The minimum atomic E-state index is -1.30. The van der Waals surface area contributed by atoms with Crippen molar-refractivity contribution >= 4 is 34.8 Å². The standard InChI is InChI=1S/C15H13ClN2O2/c16-13(14(19)17-11-7-3-1-4-8-11)15(20)18-12-9-5-2-6-10-12/h1-10,13H,(H,17,19)(H,18,20). The van der Waals surface area contributed by atoms with Crippen molar-refractivity contribution in [2.45, 2.75) is 5.38 Å². The Labute approximate surface area is 121 Å². The van der Waals surface area contributed by atoms with Crippen molar-refractivity contribution in [2.24, 2.45) is 0 Å². The maximum atomic E-state index is 11.8. The van der Waals surface area contributed by atoms with Gasteiger partial charge in [-0.05, 0) is 24.3 Å². The van der Waals surface area contributed by atoms with Crippen molar-refractivity contribution in [3.05, 3.63) is 60.7 Å². The zero-order valence-corrected chi connectivity index (χ0v) is 11.3. The second kappa shape index (κ2) is 6.73. The maximum absolute atomic E-state index is 11.8. The number of carbonyl (C=O) groups is 2. The molecule has 0 radical (unpaired) electrons. The van der Waals surface area contributed by atoms with E-state index in [0.29, 0.717) is 11.4 Å². The summed E-state index contributed by atoms with van der Waals surface area (Å²) < 4.78 is 0. The van der Waals surface area contributed by atoms with Crippen LogP contribution in [0.3, 0.4) is 0 Å². The number of alkyl halides is 1. The number of hydrogen-bond donors (Lipinski definition) is 2. The summed E-state index contributed by atoms with van der Waals surface area (Å²) in [4.78, 5) is 23.7. The monoisotopic (exact) mass is 288 g/mol. The van der Waals surface area contributed by atoms with Gasteiger partial charge in [-0.1, -0.05) is 36.4 Å². The lowest BCUT2D eigenvalue weighted by Crippen LogP contribution is -2.34. The van der Waals surface area contributed by atoms with Crippen molar-refractivity contribution in [1.29, 1.82) is 0 Å². The fraction of sp³-hybridized carbons (Fsp3) is 0.0667. The number of carbonyl (C=O) groups excluding carboxylic acids is 2. The number of anilines is 2. The smallest absolute Gasteiger partial charge is 0.252 e. The summed E-state index contributed by atoms with van der Waals surface area (Å²) in [6, 6.07) is 17.7. The van der Waals surface area contributed by atoms with Crippen LogP contribution < -0.4 is 10.6 Å². The Bertz CT molecular complexity index is 534. The third-order valence-corrected chi connectivity index (χ3v) is 2.94. The average molecular weight is 289 g/mol. The first kappa shape index (κ1) is 14.1. The number of rotatable bonds is 4. The van der Waals surface area contributed by atoms with Crippen LogP contribution in [0, 0.1) is 0 Å². The summed E-state index contributed by atoms with van der Waals surface area (Å²) >= 11 is 5.86. The van der Waals surface area contributed by atoms with Crippen LogP contribution >= 0.6 is 11.6 Å². The third-order valence-electron chi connectivity index (χ3n) is 2.54. The van der Waals surface area contributed by atoms with E-state index in [1.54, 1.807) is 48.5 Å². The highest BCUT2D eigenvalue weighted by molar-refractivity contribution is 6.44. The van der Waals surface area contributed by atoms with Gasteiger partial charge in [0, 0.05) is 11.4 Å². The van der Waals surface area contributed by atoms with E-state index in [0.717, 1.165) is 0 Å². The molecule has 0 spiro atoms. The lowest BCUT2D eigenvalue weighted by atomic mass is 10.2. The van der Waals surface area contributed by atoms with Crippen LogP contribution in [0.1, 0.15) is 0 Å². The molecule has 0 unspecified atom stereocenters. The zero-order valence-electron chi connectivity index (χ0n) is 10.5. The third kappa shape index (κ3) is 3.83. The zero-order chi connectivity index (χ0) is 14.4. The van der Waals surface area contributed by atoms with Crippen molar-refractivity contribution in [3.63, 3.8) is 0 Å². The lowest BCUT2D eigenvalue weighted by molar-refractivity contribution is -0.123. The summed E-state index contributed by atoms with van der Waals surface area (Å²) in [6.07, 6.45) is 0. The molecule has 0 fully saturated rings. The fourth-order valence-corrected chi connectivity index (χ4v) is 1.68. The van der Waals surface area contributed by atoms with Gasteiger partial charge in [0.2, 0.25) is 0 Å². The molecule has 0 aliphatic rings. The molecule has 5 heteroatoms. The predicted octanol–water partition coefficient (Wildman–Crippen LogP) is 2.87. The SMILES string of the molecule is O=C(Nc1ccccc1)C(Cl)C(=O)Nc1ccccc1. The Hall–Kier alpha value is -2.33. The molecule has 0 aliphatic heterocycles. The molecule has 0 saturated heterocycles. The van der Waals surface area contributed by atoms with E-state index in [-0.39, 0.29) is 0 Å². The van der Waals surface area contributed by atoms with Crippen molar-refractivity contribution < 1.29 is 9.59 Å². The van der Waals surface area contributed by atoms with Gasteiger partial charge in [-0.25, -0.2) is 0 Å². The molecule has 102 valence electrons. The van der Waals surface area contributed by atoms with Crippen LogP contribution in [0.15, 0.2) is 60.7 Å². The fourth-order valence-electron chi connectivity index (χ4n) is 1.57. The first-order valence-electron chi connectivity index (χ1n) is 6.03. The van der Waals surface area contributed by atoms with Gasteiger partial charge in [-0.2, -0.15) is 0 Å². The second-order valence-corrected chi connectivity index (χ2v) is 4.51. The molecule has 2 N–H and O–H groups in total. The van der Waals surface area contributed by atoms with Crippen molar-refractivity contribution in [2.75, 3.05) is 10.6 Å². The molecule has 2 amide bonds. The van der Waals surface area contributed by atoms with Crippen LogP contribution in [0.25, 0.3) is 0 Å². The Morgan fingerprint density at radius 2 is 1.10 bits per heavy atom. The molecule has 2 aromatic carbocycles. The van der Waals surface area contributed by atoms with Gasteiger partial charge in [0.1, 0.15) is 0 Å². The molecule has 0 aromatic heterocycles. The Morgan fingerprint density at radius 1 is 0.750 bits per heavy atom. The highest BCUT2D eigenvalue weighted by atomic mass is 35.5. The number of amides is 2. The van der Waals surface area contributed by atoms with Gasteiger partial charge >= 0.3 is 0 Å². The normalized spacial score (nSPS) is 10.1. The van der Waals surface area contributed by atoms with Crippen LogP contribution in [0.2, 0.25) is 0 Å². The minimum absolute atomic E-state index is 0.564. The van der Waals surface area contributed by atoms with Gasteiger partial charge < -0.3 is 10.6 Å². The molecule has 0 bridgehead atoms. The molecule has 0 atom stereocenters. The summed E-state index contributed by atoms with van der Waals surface area (Å²) in [5.74, 6) is -1.13.